The SMILES string of the molecule is CCCCCCCCCC(CC)N1C=CN(OCCC(=O)O)C1OC(=O)CC. The first kappa shape index (κ1) is 24.3. The van der Waals surface area contributed by atoms with Crippen molar-refractivity contribution in [3.8, 4) is 0 Å². The van der Waals surface area contributed by atoms with E-state index in [1.54, 1.807) is 13.1 Å². The van der Waals surface area contributed by atoms with Crippen LogP contribution in [0.1, 0.15) is 91.4 Å². The Morgan fingerprint density at radius 3 is 2.32 bits per heavy atom. The van der Waals surface area contributed by atoms with Gasteiger partial charge in [-0.2, -0.15) is 0 Å². The molecule has 1 aliphatic rings. The minimum atomic E-state index is -0.924. The van der Waals surface area contributed by atoms with Crippen LogP contribution in [0, 0.1) is 0 Å². The Morgan fingerprint density at radius 2 is 1.71 bits per heavy atom. The monoisotopic (exact) mass is 398 g/mol. The lowest BCUT2D eigenvalue weighted by Gasteiger charge is -2.35. The fourth-order valence-corrected chi connectivity index (χ4v) is 3.28. The smallest absolute Gasteiger partial charge is 0.308 e. The van der Waals surface area contributed by atoms with E-state index in [9.17, 15) is 9.59 Å². The third-order valence-corrected chi connectivity index (χ3v) is 4.97. The normalized spacial score (nSPS) is 17.2. The first-order chi connectivity index (χ1) is 13.5. The van der Waals surface area contributed by atoms with Crippen LogP contribution in [0.15, 0.2) is 12.4 Å². The molecule has 0 radical (unpaired) electrons. The number of carboxylic acids is 1. The highest BCUT2D eigenvalue weighted by Gasteiger charge is 2.34. The van der Waals surface area contributed by atoms with E-state index in [1.807, 2.05) is 11.1 Å². The first-order valence-electron chi connectivity index (χ1n) is 10.8. The number of ether oxygens (including phenoxy) is 1. The van der Waals surface area contributed by atoms with Crippen molar-refractivity contribution >= 4 is 11.9 Å². The second kappa shape index (κ2) is 14.3. The van der Waals surface area contributed by atoms with Gasteiger partial charge in [-0.15, -0.1) is 0 Å². The predicted octanol–water partition coefficient (Wildman–Crippen LogP) is 4.64. The lowest BCUT2D eigenvalue weighted by Crippen LogP contribution is -2.46. The van der Waals surface area contributed by atoms with Crippen molar-refractivity contribution < 1.29 is 24.3 Å². The van der Waals surface area contributed by atoms with Gasteiger partial charge < -0.3 is 14.7 Å². The third-order valence-electron chi connectivity index (χ3n) is 4.97. The van der Waals surface area contributed by atoms with E-state index in [1.165, 1.54) is 43.6 Å². The lowest BCUT2D eigenvalue weighted by atomic mass is 10.0. The summed E-state index contributed by atoms with van der Waals surface area (Å²) in [5.41, 5.74) is 0. The molecule has 0 spiro atoms. The molecule has 0 bridgehead atoms. The van der Waals surface area contributed by atoms with Crippen LogP contribution in [-0.4, -0.2) is 46.0 Å². The summed E-state index contributed by atoms with van der Waals surface area (Å²) in [5.74, 6) is -1.23. The zero-order valence-corrected chi connectivity index (χ0v) is 17.8. The van der Waals surface area contributed by atoms with Gasteiger partial charge in [0, 0.05) is 24.9 Å². The van der Waals surface area contributed by atoms with Crippen molar-refractivity contribution in [3.05, 3.63) is 12.4 Å². The average Bonchev–Trinajstić information content (AvgIpc) is 3.06. The summed E-state index contributed by atoms with van der Waals surface area (Å²) in [6.07, 6.45) is 13.9. The van der Waals surface area contributed by atoms with E-state index >= 15 is 0 Å². The highest BCUT2D eigenvalue weighted by Crippen LogP contribution is 2.25. The highest BCUT2D eigenvalue weighted by atomic mass is 16.7. The number of carbonyl (C=O) groups excluding carboxylic acids is 1. The summed E-state index contributed by atoms with van der Waals surface area (Å²) >= 11 is 0. The molecule has 1 heterocycles. The Labute approximate surface area is 169 Å². The maximum Gasteiger partial charge on any atom is 0.308 e. The fourth-order valence-electron chi connectivity index (χ4n) is 3.28. The summed E-state index contributed by atoms with van der Waals surface area (Å²) in [6.45, 7) is 6.14. The Hall–Kier alpha value is -1.76. The summed E-state index contributed by atoms with van der Waals surface area (Å²) in [6, 6.07) is 0.245. The molecule has 7 nitrogen and oxygen atoms in total. The van der Waals surface area contributed by atoms with Crippen LogP contribution in [0.2, 0.25) is 0 Å². The fraction of sp³-hybridized carbons (Fsp3) is 0.810. The molecule has 0 aromatic heterocycles. The van der Waals surface area contributed by atoms with E-state index in [4.69, 9.17) is 14.7 Å². The maximum absolute atomic E-state index is 11.9. The van der Waals surface area contributed by atoms with Crippen molar-refractivity contribution in [2.24, 2.45) is 0 Å². The molecule has 0 amide bonds. The molecule has 2 atom stereocenters. The molecule has 28 heavy (non-hydrogen) atoms. The van der Waals surface area contributed by atoms with Crippen molar-refractivity contribution in [2.75, 3.05) is 6.61 Å². The van der Waals surface area contributed by atoms with E-state index < -0.39 is 12.3 Å². The quantitative estimate of drug-likeness (QED) is 0.300. The summed E-state index contributed by atoms with van der Waals surface area (Å²) in [7, 11) is 0. The second-order valence-electron chi connectivity index (χ2n) is 7.22. The Kier molecular flexibility index (Phi) is 12.4. The van der Waals surface area contributed by atoms with Gasteiger partial charge in [0.05, 0.1) is 13.0 Å². The maximum atomic E-state index is 11.9. The molecule has 162 valence electrons. The molecule has 1 N–H and O–H groups in total. The standard InChI is InChI=1S/C21H38N2O5/c1-4-7-8-9-10-11-12-13-18(5-2)22-15-16-23(27-17-14-19(24)25)21(22)28-20(26)6-3/h15-16,18,21H,4-14,17H2,1-3H3,(H,24,25). The molecule has 1 aliphatic heterocycles. The van der Waals surface area contributed by atoms with Gasteiger partial charge >= 0.3 is 11.9 Å². The van der Waals surface area contributed by atoms with Gasteiger partial charge in [0.25, 0.3) is 6.35 Å². The first-order valence-corrected chi connectivity index (χ1v) is 10.8. The molecule has 0 saturated carbocycles. The number of hydroxylamine groups is 2. The van der Waals surface area contributed by atoms with Gasteiger partial charge in [-0.1, -0.05) is 65.7 Å². The summed E-state index contributed by atoms with van der Waals surface area (Å²) in [5, 5.41) is 10.2. The Balaban J connectivity index is 2.55. The van der Waals surface area contributed by atoms with Crippen molar-refractivity contribution in [2.45, 2.75) is 104 Å². The molecule has 1 rings (SSSR count). The number of unbranched alkanes of at least 4 members (excludes halogenated alkanes) is 6. The molecule has 0 aromatic carbocycles. The third kappa shape index (κ3) is 8.95. The minimum Gasteiger partial charge on any atom is -0.481 e. The van der Waals surface area contributed by atoms with E-state index in [0.29, 0.717) is 0 Å². The Morgan fingerprint density at radius 1 is 1.04 bits per heavy atom. The number of carboxylic acid groups (broad SMARTS) is 1. The molecule has 2 unspecified atom stereocenters. The number of nitrogens with zero attached hydrogens (tertiary/aromatic N) is 2. The second-order valence-corrected chi connectivity index (χ2v) is 7.22. The van der Waals surface area contributed by atoms with Crippen LogP contribution in [0.25, 0.3) is 0 Å². The number of esters is 1. The largest absolute Gasteiger partial charge is 0.481 e. The number of aliphatic carboxylic acids is 1. The average molecular weight is 399 g/mol. The number of hydrogen-bond acceptors (Lipinski definition) is 6. The van der Waals surface area contributed by atoms with Crippen LogP contribution in [-0.2, 0) is 19.2 Å². The molecular weight excluding hydrogens is 360 g/mol. The molecule has 0 aliphatic carbocycles. The van der Waals surface area contributed by atoms with Crippen molar-refractivity contribution in [1.82, 2.24) is 9.96 Å². The van der Waals surface area contributed by atoms with E-state index in [0.717, 1.165) is 19.3 Å². The van der Waals surface area contributed by atoms with Crippen LogP contribution >= 0.6 is 0 Å². The zero-order valence-electron chi connectivity index (χ0n) is 17.8. The topological polar surface area (TPSA) is 79.3 Å². The summed E-state index contributed by atoms with van der Waals surface area (Å²) in [4.78, 5) is 30.1. The van der Waals surface area contributed by atoms with Crippen LogP contribution in [0.4, 0.5) is 0 Å². The summed E-state index contributed by atoms with van der Waals surface area (Å²) < 4.78 is 5.58. The molecule has 7 heteroatoms. The van der Waals surface area contributed by atoms with Crippen molar-refractivity contribution in [3.63, 3.8) is 0 Å². The van der Waals surface area contributed by atoms with Gasteiger partial charge in [-0.25, -0.2) is 5.06 Å². The van der Waals surface area contributed by atoms with Crippen LogP contribution < -0.4 is 0 Å². The minimum absolute atomic E-state index is 0.0300. The van der Waals surface area contributed by atoms with Gasteiger partial charge in [0.15, 0.2) is 0 Å². The van der Waals surface area contributed by atoms with Crippen LogP contribution in [0.5, 0.6) is 0 Å². The van der Waals surface area contributed by atoms with Crippen LogP contribution in [0.3, 0.4) is 0 Å². The number of rotatable bonds is 16. The number of carbonyl (C=O) groups is 2. The van der Waals surface area contributed by atoms with Gasteiger partial charge in [-0.05, 0) is 12.8 Å². The Bertz CT molecular complexity index is 483. The number of hydrogen-bond donors (Lipinski definition) is 1. The molecule has 0 fully saturated rings. The van der Waals surface area contributed by atoms with Gasteiger partial charge in [-0.3, -0.25) is 14.4 Å². The predicted molar refractivity (Wildman–Crippen MR) is 108 cm³/mol. The van der Waals surface area contributed by atoms with Gasteiger partial charge in [0.2, 0.25) is 0 Å². The van der Waals surface area contributed by atoms with E-state index in [-0.39, 0.29) is 31.5 Å². The highest BCUT2D eigenvalue weighted by molar-refractivity contribution is 5.69. The van der Waals surface area contributed by atoms with Gasteiger partial charge in [0.1, 0.15) is 0 Å². The molecule has 0 saturated heterocycles. The van der Waals surface area contributed by atoms with E-state index in [2.05, 4.69) is 13.8 Å². The molecular formula is C21H38N2O5. The van der Waals surface area contributed by atoms with Crippen molar-refractivity contribution in [1.29, 1.82) is 0 Å². The zero-order chi connectivity index (χ0) is 20.8. The lowest BCUT2D eigenvalue weighted by molar-refractivity contribution is -0.250. The molecule has 0 aromatic rings.